The normalized spacial score (nSPS) is 11.3. The van der Waals surface area contributed by atoms with E-state index >= 15 is 0 Å². The number of rotatable bonds is 3. The lowest BCUT2D eigenvalue weighted by molar-refractivity contribution is 1.19. The summed E-state index contributed by atoms with van der Waals surface area (Å²) in [6.45, 7) is 0. The number of aromatic nitrogens is 2. The van der Waals surface area contributed by atoms with Crippen molar-refractivity contribution in [1.82, 2.24) is 9.38 Å². The summed E-state index contributed by atoms with van der Waals surface area (Å²) in [5, 5.41) is 0. The van der Waals surface area contributed by atoms with Gasteiger partial charge in [0.25, 0.3) is 0 Å². The third-order valence-electron chi connectivity index (χ3n) is 2.87. The van der Waals surface area contributed by atoms with Crippen molar-refractivity contribution in [1.29, 1.82) is 0 Å². The monoisotopic (exact) mass is 234 g/mol. The van der Waals surface area contributed by atoms with Crippen LogP contribution in [0, 0.1) is 0 Å². The van der Waals surface area contributed by atoms with E-state index in [1.807, 2.05) is 41.1 Å². The molecule has 0 radical (unpaired) electrons. The molecule has 0 aliphatic heterocycles. The average Bonchev–Trinajstić information content (AvgIpc) is 2.82. The standard InChI is InChI=1S/C16H14N2/c1-2-7-14(8-3-1)9-6-10-15-13-18-12-5-4-11-16(18)17-15/h1-8,10-13H,9H2. The van der Waals surface area contributed by atoms with Gasteiger partial charge < -0.3 is 4.40 Å². The van der Waals surface area contributed by atoms with E-state index < -0.39 is 0 Å². The average molecular weight is 234 g/mol. The van der Waals surface area contributed by atoms with Gasteiger partial charge in [0.1, 0.15) is 5.65 Å². The highest BCUT2D eigenvalue weighted by atomic mass is 15.0. The zero-order chi connectivity index (χ0) is 12.2. The van der Waals surface area contributed by atoms with Gasteiger partial charge in [0.15, 0.2) is 0 Å². The molecule has 3 aromatic rings. The maximum atomic E-state index is 4.52. The van der Waals surface area contributed by atoms with Crippen molar-refractivity contribution in [3.8, 4) is 0 Å². The number of benzene rings is 1. The summed E-state index contributed by atoms with van der Waals surface area (Å²) in [5.41, 5.74) is 3.30. The molecule has 0 amide bonds. The number of allylic oxidation sites excluding steroid dienone is 1. The summed E-state index contributed by atoms with van der Waals surface area (Å²) in [4.78, 5) is 4.52. The Morgan fingerprint density at radius 1 is 1.00 bits per heavy atom. The van der Waals surface area contributed by atoms with E-state index in [1.165, 1.54) is 5.56 Å². The molecule has 0 atom stereocenters. The Labute approximate surface area is 106 Å². The number of imidazole rings is 1. The molecule has 88 valence electrons. The van der Waals surface area contributed by atoms with Gasteiger partial charge in [-0.25, -0.2) is 4.98 Å². The molecule has 3 rings (SSSR count). The van der Waals surface area contributed by atoms with E-state index in [2.05, 4.69) is 41.4 Å². The number of hydrogen-bond donors (Lipinski definition) is 0. The smallest absolute Gasteiger partial charge is 0.137 e. The maximum Gasteiger partial charge on any atom is 0.137 e. The van der Waals surface area contributed by atoms with Gasteiger partial charge in [0, 0.05) is 12.4 Å². The quantitative estimate of drug-likeness (QED) is 0.677. The summed E-state index contributed by atoms with van der Waals surface area (Å²) >= 11 is 0. The van der Waals surface area contributed by atoms with E-state index in [4.69, 9.17) is 0 Å². The van der Waals surface area contributed by atoms with Gasteiger partial charge in [-0.3, -0.25) is 0 Å². The molecule has 0 unspecified atom stereocenters. The molecule has 2 aromatic heterocycles. The molecule has 2 heteroatoms. The Kier molecular flexibility index (Phi) is 2.92. The molecule has 0 aliphatic rings. The topological polar surface area (TPSA) is 17.3 Å². The number of hydrogen-bond acceptors (Lipinski definition) is 1. The lowest BCUT2D eigenvalue weighted by atomic mass is 10.1. The minimum atomic E-state index is 0.939. The molecule has 18 heavy (non-hydrogen) atoms. The van der Waals surface area contributed by atoms with E-state index in [1.54, 1.807) is 0 Å². The first-order chi connectivity index (χ1) is 8.92. The lowest BCUT2D eigenvalue weighted by Gasteiger charge is -1.93. The maximum absolute atomic E-state index is 4.52. The summed E-state index contributed by atoms with van der Waals surface area (Å²) in [6, 6.07) is 16.4. The first kappa shape index (κ1) is 10.8. The second kappa shape index (κ2) is 4.88. The number of nitrogens with zero attached hydrogens (tertiary/aromatic N) is 2. The highest BCUT2D eigenvalue weighted by molar-refractivity contribution is 5.51. The van der Waals surface area contributed by atoms with Crippen LogP contribution in [0.25, 0.3) is 11.7 Å². The molecule has 0 N–H and O–H groups in total. The third-order valence-corrected chi connectivity index (χ3v) is 2.87. The van der Waals surface area contributed by atoms with Crippen LogP contribution in [0.1, 0.15) is 11.3 Å². The Hall–Kier alpha value is -2.35. The molecule has 0 bridgehead atoms. The van der Waals surface area contributed by atoms with Crippen LogP contribution in [0.15, 0.2) is 67.0 Å². The van der Waals surface area contributed by atoms with E-state index in [0.717, 1.165) is 17.8 Å². The molecule has 2 nitrogen and oxygen atoms in total. The fourth-order valence-electron chi connectivity index (χ4n) is 1.96. The van der Waals surface area contributed by atoms with Crippen LogP contribution >= 0.6 is 0 Å². The second-order valence-electron chi connectivity index (χ2n) is 4.22. The van der Waals surface area contributed by atoms with Crippen molar-refractivity contribution in [2.24, 2.45) is 0 Å². The molecule has 0 saturated heterocycles. The molecule has 0 saturated carbocycles. The summed E-state index contributed by atoms with van der Waals surface area (Å²) in [5.74, 6) is 0. The van der Waals surface area contributed by atoms with Gasteiger partial charge in [-0.1, -0.05) is 42.5 Å². The lowest BCUT2D eigenvalue weighted by Crippen LogP contribution is -1.78. The van der Waals surface area contributed by atoms with Gasteiger partial charge >= 0.3 is 0 Å². The molecular weight excluding hydrogens is 220 g/mol. The van der Waals surface area contributed by atoms with Crippen molar-refractivity contribution in [2.75, 3.05) is 0 Å². The van der Waals surface area contributed by atoms with E-state index in [-0.39, 0.29) is 0 Å². The first-order valence-corrected chi connectivity index (χ1v) is 6.06. The summed E-state index contributed by atoms with van der Waals surface area (Å²) in [6.07, 6.45) is 9.21. The van der Waals surface area contributed by atoms with Gasteiger partial charge in [-0.15, -0.1) is 0 Å². The fraction of sp³-hybridized carbons (Fsp3) is 0.0625. The van der Waals surface area contributed by atoms with Crippen LogP contribution in [0.3, 0.4) is 0 Å². The zero-order valence-corrected chi connectivity index (χ0v) is 10.0. The minimum Gasteiger partial charge on any atom is -0.306 e. The van der Waals surface area contributed by atoms with Crippen LogP contribution in [-0.4, -0.2) is 9.38 Å². The third kappa shape index (κ3) is 2.33. The molecule has 2 heterocycles. The molecule has 0 fully saturated rings. The van der Waals surface area contributed by atoms with Gasteiger partial charge in [0.05, 0.1) is 5.69 Å². The van der Waals surface area contributed by atoms with E-state index in [9.17, 15) is 0 Å². The molecule has 1 aromatic carbocycles. The van der Waals surface area contributed by atoms with Crippen LogP contribution in [-0.2, 0) is 6.42 Å². The van der Waals surface area contributed by atoms with Crippen LogP contribution in [0.5, 0.6) is 0 Å². The van der Waals surface area contributed by atoms with Crippen molar-refractivity contribution < 1.29 is 0 Å². The Morgan fingerprint density at radius 3 is 2.67 bits per heavy atom. The number of pyridine rings is 1. The van der Waals surface area contributed by atoms with Crippen LogP contribution < -0.4 is 0 Å². The van der Waals surface area contributed by atoms with Crippen molar-refractivity contribution >= 4 is 11.7 Å². The predicted molar refractivity (Wildman–Crippen MR) is 74.4 cm³/mol. The molecule has 0 spiro atoms. The largest absolute Gasteiger partial charge is 0.306 e. The van der Waals surface area contributed by atoms with Gasteiger partial charge in [0.2, 0.25) is 0 Å². The SMILES string of the molecule is C(=Cc1cn2ccccc2n1)Cc1ccccc1. The zero-order valence-electron chi connectivity index (χ0n) is 10.0. The van der Waals surface area contributed by atoms with Crippen molar-refractivity contribution in [3.63, 3.8) is 0 Å². The summed E-state index contributed by atoms with van der Waals surface area (Å²) in [7, 11) is 0. The molecule has 0 aliphatic carbocycles. The highest BCUT2D eigenvalue weighted by Crippen LogP contribution is 2.07. The van der Waals surface area contributed by atoms with Gasteiger partial charge in [-0.2, -0.15) is 0 Å². The Balaban J connectivity index is 1.76. The predicted octanol–water partition coefficient (Wildman–Crippen LogP) is 3.59. The first-order valence-electron chi connectivity index (χ1n) is 6.06. The highest BCUT2D eigenvalue weighted by Gasteiger charge is 1.96. The van der Waals surface area contributed by atoms with Crippen molar-refractivity contribution in [2.45, 2.75) is 6.42 Å². The Morgan fingerprint density at radius 2 is 1.83 bits per heavy atom. The van der Waals surface area contributed by atoms with Crippen molar-refractivity contribution in [3.05, 3.63) is 78.3 Å². The fourth-order valence-corrected chi connectivity index (χ4v) is 1.96. The van der Waals surface area contributed by atoms with E-state index in [0.29, 0.717) is 0 Å². The van der Waals surface area contributed by atoms with Gasteiger partial charge in [-0.05, 0) is 30.2 Å². The minimum absolute atomic E-state index is 0.939. The Bertz CT molecular complexity index is 633. The molecular formula is C16H14N2. The summed E-state index contributed by atoms with van der Waals surface area (Å²) < 4.78 is 2.03. The second-order valence-corrected chi connectivity index (χ2v) is 4.22. The van der Waals surface area contributed by atoms with Crippen LogP contribution in [0.2, 0.25) is 0 Å². The van der Waals surface area contributed by atoms with Crippen LogP contribution in [0.4, 0.5) is 0 Å². The number of fused-ring (bicyclic) bond motifs is 1.